The molecule has 98 valence electrons. The molecule has 0 unspecified atom stereocenters. The molecule has 0 saturated carbocycles. The zero-order valence-corrected chi connectivity index (χ0v) is 10.8. The molecule has 0 atom stereocenters. The van der Waals surface area contributed by atoms with E-state index in [1.165, 1.54) is 6.08 Å². The number of benzene rings is 1. The van der Waals surface area contributed by atoms with Gasteiger partial charge >= 0.3 is 0 Å². The number of nitrogens with zero attached hydrogens (tertiary/aromatic N) is 1. The molecule has 1 aromatic carbocycles. The highest BCUT2D eigenvalue weighted by Gasteiger charge is 2.07. The predicted molar refractivity (Wildman–Crippen MR) is 74.4 cm³/mol. The third kappa shape index (κ3) is 4.68. The molecule has 4 nitrogen and oxygen atoms in total. The van der Waals surface area contributed by atoms with Crippen LogP contribution in [-0.2, 0) is 4.79 Å². The highest BCUT2D eigenvalue weighted by atomic mass is 16.5. The summed E-state index contributed by atoms with van der Waals surface area (Å²) in [6.07, 6.45) is 3.10. The van der Waals surface area contributed by atoms with Crippen LogP contribution in [0.5, 0.6) is 5.75 Å². The maximum atomic E-state index is 11.6. The second-order valence-corrected chi connectivity index (χ2v) is 3.67. The number of ether oxygens (including phenoxy) is 1. The van der Waals surface area contributed by atoms with Gasteiger partial charge in [-0.15, -0.1) is 6.58 Å². The van der Waals surface area contributed by atoms with Gasteiger partial charge < -0.3 is 10.1 Å². The van der Waals surface area contributed by atoms with Gasteiger partial charge in [0, 0.05) is 6.54 Å². The van der Waals surface area contributed by atoms with Crippen molar-refractivity contribution in [1.29, 1.82) is 5.26 Å². The standard InChI is InChI=1S/C15H16N2O2/c1-3-9-17-15(18)13(11-16)10-12-5-7-14(8-6-12)19-4-2/h3,5-8,10H,1,4,9H2,2H3,(H,17,18)/b13-10-. The monoisotopic (exact) mass is 256 g/mol. The lowest BCUT2D eigenvalue weighted by molar-refractivity contribution is -0.116. The van der Waals surface area contributed by atoms with Crippen LogP contribution in [0.15, 0.2) is 42.5 Å². The minimum Gasteiger partial charge on any atom is -0.494 e. The first-order chi connectivity index (χ1) is 9.21. The summed E-state index contributed by atoms with van der Waals surface area (Å²) in [7, 11) is 0. The highest BCUT2D eigenvalue weighted by molar-refractivity contribution is 6.01. The number of rotatable bonds is 6. The van der Waals surface area contributed by atoms with Crippen molar-refractivity contribution in [3.63, 3.8) is 0 Å². The Morgan fingerprint density at radius 2 is 2.16 bits per heavy atom. The molecule has 0 aliphatic rings. The molecular formula is C15H16N2O2. The van der Waals surface area contributed by atoms with Gasteiger partial charge in [-0.05, 0) is 30.7 Å². The van der Waals surface area contributed by atoms with E-state index >= 15 is 0 Å². The van der Waals surface area contributed by atoms with E-state index in [2.05, 4.69) is 11.9 Å². The maximum Gasteiger partial charge on any atom is 0.262 e. The van der Waals surface area contributed by atoms with Gasteiger partial charge in [-0.2, -0.15) is 5.26 Å². The number of nitrogens with one attached hydrogen (secondary N) is 1. The Kier molecular flexibility index (Phi) is 5.90. The molecule has 0 aromatic heterocycles. The van der Waals surface area contributed by atoms with E-state index in [4.69, 9.17) is 10.00 Å². The predicted octanol–water partition coefficient (Wildman–Crippen LogP) is 2.29. The number of hydrogen-bond donors (Lipinski definition) is 1. The zero-order valence-electron chi connectivity index (χ0n) is 10.8. The Morgan fingerprint density at radius 3 is 2.68 bits per heavy atom. The molecule has 19 heavy (non-hydrogen) atoms. The largest absolute Gasteiger partial charge is 0.494 e. The third-order valence-corrected chi connectivity index (χ3v) is 2.27. The summed E-state index contributed by atoms with van der Waals surface area (Å²) >= 11 is 0. The van der Waals surface area contributed by atoms with E-state index in [0.29, 0.717) is 13.2 Å². The second-order valence-electron chi connectivity index (χ2n) is 3.67. The third-order valence-electron chi connectivity index (χ3n) is 2.27. The maximum absolute atomic E-state index is 11.6. The van der Waals surface area contributed by atoms with Gasteiger partial charge in [0.25, 0.3) is 5.91 Å². The summed E-state index contributed by atoms with van der Waals surface area (Å²) in [5, 5.41) is 11.5. The van der Waals surface area contributed by atoms with Crippen molar-refractivity contribution >= 4 is 12.0 Å². The van der Waals surface area contributed by atoms with Crippen LogP contribution in [0.4, 0.5) is 0 Å². The molecule has 0 radical (unpaired) electrons. The molecule has 0 spiro atoms. The van der Waals surface area contributed by atoms with Crippen LogP contribution < -0.4 is 10.1 Å². The van der Waals surface area contributed by atoms with Crippen molar-refractivity contribution < 1.29 is 9.53 Å². The molecule has 1 aromatic rings. The summed E-state index contributed by atoms with van der Waals surface area (Å²) in [6, 6.07) is 9.07. The molecule has 1 N–H and O–H groups in total. The van der Waals surface area contributed by atoms with E-state index in [-0.39, 0.29) is 5.57 Å². The normalized spacial score (nSPS) is 10.4. The van der Waals surface area contributed by atoms with Gasteiger partial charge in [0.05, 0.1) is 6.61 Å². The fourth-order valence-electron chi connectivity index (χ4n) is 1.40. The molecule has 0 fully saturated rings. The molecule has 0 bridgehead atoms. The summed E-state index contributed by atoms with van der Waals surface area (Å²) < 4.78 is 5.32. The number of carbonyl (C=O) groups is 1. The number of nitriles is 1. The first-order valence-electron chi connectivity index (χ1n) is 5.95. The van der Waals surface area contributed by atoms with Crippen molar-refractivity contribution in [3.8, 4) is 11.8 Å². The van der Waals surface area contributed by atoms with Crippen LogP contribution in [0.25, 0.3) is 6.08 Å². The molecule has 0 aliphatic heterocycles. The summed E-state index contributed by atoms with van der Waals surface area (Å²) in [4.78, 5) is 11.6. The lowest BCUT2D eigenvalue weighted by Crippen LogP contribution is -2.24. The fraction of sp³-hybridized carbons (Fsp3) is 0.200. The topological polar surface area (TPSA) is 62.1 Å². The van der Waals surface area contributed by atoms with Gasteiger partial charge in [0.15, 0.2) is 0 Å². The SMILES string of the molecule is C=CCNC(=O)/C(C#N)=C\c1ccc(OCC)cc1. The van der Waals surface area contributed by atoms with E-state index in [1.807, 2.05) is 13.0 Å². The van der Waals surface area contributed by atoms with Crippen molar-refractivity contribution in [2.75, 3.05) is 13.2 Å². The van der Waals surface area contributed by atoms with E-state index in [1.54, 1.807) is 30.3 Å². The molecule has 1 amide bonds. The first kappa shape index (κ1) is 14.5. The summed E-state index contributed by atoms with van der Waals surface area (Å²) in [6.45, 7) is 6.34. The molecule has 4 heteroatoms. The molecular weight excluding hydrogens is 240 g/mol. The Labute approximate surface area is 113 Å². The van der Waals surface area contributed by atoms with Gasteiger partial charge in [0.2, 0.25) is 0 Å². The fourth-order valence-corrected chi connectivity index (χ4v) is 1.40. The van der Waals surface area contributed by atoms with Crippen molar-refractivity contribution in [2.24, 2.45) is 0 Å². The molecule has 1 rings (SSSR count). The minimum absolute atomic E-state index is 0.0611. The molecule has 0 saturated heterocycles. The lowest BCUT2D eigenvalue weighted by atomic mass is 10.1. The van der Waals surface area contributed by atoms with Crippen molar-refractivity contribution in [3.05, 3.63) is 48.1 Å². The highest BCUT2D eigenvalue weighted by Crippen LogP contribution is 2.14. The van der Waals surface area contributed by atoms with Gasteiger partial charge in [-0.25, -0.2) is 0 Å². The van der Waals surface area contributed by atoms with Crippen molar-refractivity contribution in [2.45, 2.75) is 6.92 Å². The van der Waals surface area contributed by atoms with Crippen LogP contribution in [0.3, 0.4) is 0 Å². The van der Waals surface area contributed by atoms with E-state index in [0.717, 1.165) is 11.3 Å². The van der Waals surface area contributed by atoms with Crippen LogP contribution >= 0.6 is 0 Å². The summed E-state index contributed by atoms with van der Waals surface area (Å²) in [5.41, 5.74) is 0.833. The Balaban J connectivity index is 2.83. The van der Waals surface area contributed by atoms with Crippen LogP contribution in [-0.4, -0.2) is 19.1 Å². The number of hydrogen-bond acceptors (Lipinski definition) is 3. The Hall–Kier alpha value is -2.54. The van der Waals surface area contributed by atoms with Crippen molar-refractivity contribution in [1.82, 2.24) is 5.32 Å². The summed E-state index contributed by atoms with van der Waals surface area (Å²) in [5.74, 6) is 0.352. The molecule has 0 aliphatic carbocycles. The average Bonchev–Trinajstić information content (AvgIpc) is 2.44. The first-order valence-corrected chi connectivity index (χ1v) is 5.95. The quantitative estimate of drug-likeness (QED) is 0.482. The van der Waals surface area contributed by atoms with Gasteiger partial charge in [-0.1, -0.05) is 18.2 Å². The minimum atomic E-state index is -0.406. The zero-order chi connectivity index (χ0) is 14.1. The Bertz CT molecular complexity index is 510. The smallest absolute Gasteiger partial charge is 0.262 e. The van der Waals surface area contributed by atoms with Gasteiger partial charge in [0.1, 0.15) is 17.4 Å². The van der Waals surface area contributed by atoms with E-state index in [9.17, 15) is 4.79 Å². The number of carbonyl (C=O) groups excluding carboxylic acids is 1. The van der Waals surface area contributed by atoms with Crippen LogP contribution in [0.1, 0.15) is 12.5 Å². The average molecular weight is 256 g/mol. The lowest BCUT2D eigenvalue weighted by Gasteiger charge is -2.03. The second kappa shape index (κ2) is 7.72. The Morgan fingerprint density at radius 1 is 1.47 bits per heavy atom. The molecule has 0 heterocycles. The van der Waals surface area contributed by atoms with E-state index < -0.39 is 5.91 Å². The number of amides is 1. The van der Waals surface area contributed by atoms with Gasteiger partial charge in [-0.3, -0.25) is 4.79 Å². The van der Waals surface area contributed by atoms with Crippen LogP contribution in [0.2, 0.25) is 0 Å². The van der Waals surface area contributed by atoms with Crippen LogP contribution in [0, 0.1) is 11.3 Å².